The molecule has 4 heteroatoms. The molecule has 0 unspecified atom stereocenters. The molecule has 2 aromatic rings. The molecule has 1 N–H and O–H groups in total. The summed E-state index contributed by atoms with van der Waals surface area (Å²) in [5.41, 5.74) is 4.57. The van der Waals surface area contributed by atoms with Gasteiger partial charge in [-0.15, -0.1) is 0 Å². The molecule has 4 nitrogen and oxygen atoms in total. The van der Waals surface area contributed by atoms with Crippen molar-refractivity contribution in [3.8, 4) is 0 Å². The molecule has 0 spiro atoms. The maximum absolute atomic E-state index is 12.9. The molecule has 0 bridgehead atoms. The number of morpholine rings is 1. The van der Waals surface area contributed by atoms with E-state index in [1.165, 1.54) is 0 Å². The van der Waals surface area contributed by atoms with Crippen LogP contribution in [0, 0.1) is 0 Å². The van der Waals surface area contributed by atoms with Gasteiger partial charge in [-0.2, -0.15) is 0 Å². The van der Waals surface area contributed by atoms with E-state index in [0.29, 0.717) is 6.54 Å². The lowest BCUT2D eigenvalue weighted by Gasteiger charge is -2.27. The molecular formula is C20H20N2O2. The Labute approximate surface area is 141 Å². The Hall–Kier alpha value is -2.43. The first kappa shape index (κ1) is 15.1. The first-order chi connectivity index (χ1) is 11.8. The number of para-hydroxylation sites is 1. The van der Waals surface area contributed by atoms with Gasteiger partial charge in [-0.25, -0.2) is 0 Å². The molecule has 0 aromatic heterocycles. The SMILES string of the molecule is O=C1C(CN2CCOCC2)=C(Nc2ccccc2)c2ccccc21. The lowest BCUT2D eigenvalue weighted by atomic mass is 10.1. The average molecular weight is 320 g/mol. The number of benzene rings is 2. The van der Waals surface area contributed by atoms with E-state index >= 15 is 0 Å². The normalized spacial score (nSPS) is 17.9. The van der Waals surface area contributed by atoms with Crippen molar-refractivity contribution in [2.24, 2.45) is 0 Å². The summed E-state index contributed by atoms with van der Waals surface area (Å²) in [6.07, 6.45) is 0. The fourth-order valence-corrected chi connectivity index (χ4v) is 3.28. The van der Waals surface area contributed by atoms with Crippen molar-refractivity contribution < 1.29 is 9.53 Å². The van der Waals surface area contributed by atoms with Crippen LogP contribution in [-0.4, -0.2) is 43.5 Å². The number of hydrogen-bond acceptors (Lipinski definition) is 4. The van der Waals surface area contributed by atoms with Crippen LogP contribution >= 0.6 is 0 Å². The van der Waals surface area contributed by atoms with Crippen molar-refractivity contribution in [2.45, 2.75) is 0 Å². The number of fused-ring (bicyclic) bond motifs is 1. The van der Waals surface area contributed by atoms with Gasteiger partial charge in [0, 0.05) is 42.0 Å². The van der Waals surface area contributed by atoms with Gasteiger partial charge in [0.25, 0.3) is 0 Å². The minimum Gasteiger partial charge on any atom is -0.379 e. The minimum absolute atomic E-state index is 0.135. The van der Waals surface area contributed by atoms with E-state index in [0.717, 1.165) is 54.4 Å². The molecule has 1 heterocycles. The van der Waals surface area contributed by atoms with Crippen LogP contribution < -0.4 is 5.32 Å². The van der Waals surface area contributed by atoms with Gasteiger partial charge in [0.15, 0.2) is 5.78 Å². The molecule has 1 saturated heterocycles. The molecule has 0 amide bonds. The van der Waals surface area contributed by atoms with Gasteiger partial charge in [-0.3, -0.25) is 9.69 Å². The molecule has 0 saturated carbocycles. The molecule has 1 aliphatic heterocycles. The van der Waals surface area contributed by atoms with Crippen molar-refractivity contribution in [3.63, 3.8) is 0 Å². The Morgan fingerprint density at radius 1 is 0.917 bits per heavy atom. The first-order valence-electron chi connectivity index (χ1n) is 8.32. The van der Waals surface area contributed by atoms with Crippen LogP contribution in [0.4, 0.5) is 5.69 Å². The summed E-state index contributed by atoms with van der Waals surface area (Å²) in [6, 6.07) is 17.9. The fourth-order valence-electron chi connectivity index (χ4n) is 3.28. The second-order valence-electron chi connectivity index (χ2n) is 6.11. The van der Waals surface area contributed by atoms with Crippen molar-refractivity contribution in [3.05, 3.63) is 71.3 Å². The van der Waals surface area contributed by atoms with Crippen molar-refractivity contribution >= 4 is 17.2 Å². The van der Waals surface area contributed by atoms with E-state index < -0.39 is 0 Å². The van der Waals surface area contributed by atoms with Gasteiger partial charge in [0.05, 0.1) is 18.9 Å². The Morgan fingerprint density at radius 3 is 2.33 bits per heavy atom. The van der Waals surface area contributed by atoms with Crippen molar-refractivity contribution in [1.82, 2.24) is 4.90 Å². The first-order valence-corrected chi connectivity index (χ1v) is 8.32. The van der Waals surface area contributed by atoms with E-state index in [1.54, 1.807) is 0 Å². The quantitative estimate of drug-likeness (QED) is 0.940. The summed E-state index contributed by atoms with van der Waals surface area (Å²) in [5, 5.41) is 3.47. The van der Waals surface area contributed by atoms with Crippen LogP contribution in [0.3, 0.4) is 0 Å². The summed E-state index contributed by atoms with van der Waals surface area (Å²) in [6.45, 7) is 3.86. The second kappa shape index (κ2) is 6.59. The highest BCUT2D eigenvalue weighted by atomic mass is 16.5. The Kier molecular flexibility index (Phi) is 4.15. The monoisotopic (exact) mass is 320 g/mol. The average Bonchev–Trinajstić information content (AvgIpc) is 2.90. The fraction of sp³-hybridized carbons (Fsp3) is 0.250. The zero-order chi connectivity index (χ0) is 16.4. The van der Waals surface area contributed by atoms with Crippen LogP contribution in [0.2, 0.25) is 0 Å². The molecule has 1 fully saturated rings. The molecule has 122 valence electrons. The third-order valence-corrected chi connectivity index (χ3v) is 4.55. The number of Topliss-reactive ketones (excluding diaryl/α,β-unsaturated/α-hetero) is 1. The van der Waals surface area contributed by atoms with Gasteiger partial charge in [-0.05, 0) is 12.1 Å². The number of ketones is 1. The number of hydrogen-bond donors (Lipinski definition) is 1. The third-order valence-electron chi connectivity index (χ3n) is 4.55. The van der Waals surface area contributed by atoms with Crippen LogP contribution in [0.5, 0.6) is 0 Å². The van der Waals surface area contributed by atoms with Gasteiger partial charge in [-0.1, -0.05) is 42.5 Å². The number of nitrogens with zero attached hydrogens (tertiary/aromatic N) is 1. The number of ether oxygens (including phenoxy) is 1. The molecule has 0 radical (unpaired) electrons. The molecule has 2 aromatic carbocycles. The molecular weight excluding hydrogens is 300 g/mol. The standard InChI is InChI=1S/C20H20N2O2/c23-20-17-9-5-4-8-16(17)19(21-15-6-2-1-3-7-15)18(20)14-22-10-12-24-13-11-22/h1-9,21H,10-14H2. The molecule has 1 aliphatic carbocycles. The maximum Gasteiger partial charge on any atom is 0.193 e. The number of carbonyl (C=O) groups is 1. The predicted molar refractivity (Wildman–Crippen MR) is 95.0 cm³/mol. The third kappa shape index (κ3) is 2.86. The number of carbonyl (C=O) groups excluding carboxylic acids is 1. The highest BCUT2D eigenvalue weighted by molar-refractivity contribution is 6.22. The van der Waals surface area contributed by atoms with E-state index in [4.69, 9.17) is 4.74 Å². The smallest absolute Gasteiger partial charge is 0.193 e. The highest BCUT2D eigenvalue weighted by Gasteiger charge is 2.30. The summed E-state index contributed by atoms with van der Waals surface area (Å²) in [5.74, 6) is 0.135. The van der Waals surface area contributed by atoms with Crippen molar-refractivity contribution in [1.29, 1.82) is 0 Å². The number of rotatable bonds is 4. The number of nitrogens with one attached hydrogen (secondary N) is 1. The zero-order valence-corrected chi connectivity index (χ0v) is 13.5. The lowest BCUT2D eigenvalue weighted by molar-refractivity contribution is 0.0419. The van der Waals surface area contributed by atoms with Gasteiger partial charge in [0.1, 0.15) is 0 Å². The maximum atomic E-state index is 12.9. The minimum atomic E-state index is 0.135. The van der Waals surface area contributed by atoms with Gasteiger partial charge in [0.2, 0.25) is 0 Å². The summed E-state index contributed by atoms with van der Waals surface area (Å²) in [4.78, 5) is 15.2. The number of anilines is 1. The van der Waals surface area contributed by atoms with E-state index in [2.05, 4.69) is 10.2 Å². The lowest BCUT2D eigenvalue weighted by Crippen LogP contribution is -2.38. The Bertz CT molecular complexity index is 777. The van der Waals surface area contributed by atoms with Gasteiger partial charge >= 0.3 is 0 Å². The summed E-state index contributed by atoms with van der Waals surface area (Å²) >= 11 is 0. The van der Waals surface area contributed by atoms with Crippen LogP contribution in [0.15, 0.2) is 60.2 Å². The largest absolute Gasteiger partial charge is 0.379 e. The van der Waals surface area contributed by atoms with E-state index in [1.807, 2.05) is 54.6 Å². The summed E-state index contributed by atoms with van der Waals surface area (Å²) in [7, 11) is 0. The molecule has 4 rings (SSSR count). The van der Waals surface area contributed by atoms with E-state index in [9.17, 15) is 4.79 Å². The molecule has 2 aliphatic rings. The van der Waals surface area contributed by atoms with Crippen LogP contribution in [0.1, 0.15) is 15.9 Å². The summed E-state index contributed by atoms with van der Waals surface area (Å²) < 4.78 is 5.42. The highest BCUT2D eigenvalue weighted by Crippen LogP contribution is 2.34. The van der Waals surface area contributed by atoms with Crippen molar-refractivity contribution in [2.75, 3.05) is 38.2 Å². The van der Waals surface area contributed by atoms with Crippen LogP contribution in [-0.2, 0) is 4.74 Å². The predicted octanol–water partition coefficient (Wildman–Crippen LogP) is 3.04. The Morgan fingerprint density at radius 2 is 1.58 bits per heavy atom. The van der Waals surface area contributed by atoms with Crippen LogP contribution in [0.25, 0.3) is 5.70 Å². The zero-order valence-electron chi connectivity index (χ0n) is 13.5. The topological polar surface area (TPSA) is 41.6 Å². The van der Waals surface area contributed by atoms with E-state index in [-0.39, 0.29) is 5.78 Å². The molecule has 0 atom stereocenters. The molecule has 24 heavy (non-hydrogen) atoms. The second-order valence-corrected chi connectivity index (χ2v) is 6.11. The van der Waals surface area contributed by atoms with Gasteiger partial charge < -0.3 is 10.1 Å². The Balaban J connectivity index is 1.70.